The maximum Gasteiger partial charge on any atom is 0.488 e. The number of hydrogen-bond donors (Lipinski definition) is 1. The Morgan fingerprint density at radius 1 is 2.00 bits per heavy atom. The molecule has 1 saturated heterocycles. The lowest BCUT2D eigenvalue weighted by atomic mass is 13.6. The molecule has 0 saturated carbocycles. The molecule has 2 nitrogen and oxygen atoms in total. The molecule has 1 fully saturated rings. The van der Waals surface area contributed by atoms with E-state index in [0.717, 1.165) is 0 Å². The summed E-state index contributed by atoms with van der Waals surface area (Å²) in [6.07, 6.45) is 0. The van der Waals surface area contributed by atoms with Crippen molar-refractivity contribution in [3.63, 3.8) is 0 Å². The summed E-state index contributed by atoms with van der Waals surface area (Å²) >= 11 is 0. The van der Waals surface area contributed by atoms with Gasteiger partial charge in [-0.25, -0.2) is 0 Å². The van der Waals surface area contributed by atoms with Crippen LogP contribution >= 0.6 is 0 Å². The third kappa shape index (κ3) is 0.250. The van der Waals surface area contributed by atoms with E-state index in [2.05, 4.69) is 9.67 Å². The van der Waals surface area contributed by atoms with Gasteiger partial charge in [0.15, 0.2) is 0 Å². The first-order valence-corrected chi connectivity index (χ1v) is 2.43. The van der Waals surface area contributed by atoms with E-state index >= 15 is 0 Å². The molecular formula is H2FNOSi. The second-order valence-electron chi connectivity index (χ2n) is 0.552. The van der Waals surface area contributed by atoms with E-state index in [9.17, 15) is 4.11 Å². The second kappa shape index (κ2) is 0.510. The van der Waals surface area contributed by atoms with E-state index in [1.807, 2.05) is 0 Å². The van der Waals surface area contributed by atoms with Crippen LogP contribution in [-0.4, -0.2) is 9.54 Å². The summed E-state index contributed by atoms with van der Waals surface area (Å²) in [5.74, 6) is 0. The van der Waals surface area contributed by atoms with Crippen LogP contribution in [0.1, 0.15) is 0 Å². The lowest BCUT2D eigenvalue weighted by Crippen LogP contribution is -1.78. The summed E-state index contributed by atoms with van der Waals surface area (Å²) in [5, 5.41) is 2.07. The summed E-state index contributed by atoms with van der Waals surface area (Å²) in [6, 6.07) is 0. The van der Waals surface area contributed by atoms with Gasteiger partial charge in [-0.1, -0.05) is 0 Å². The van der Waals surface area contributed by atoms with Crippen molar-refractivity contribution in [3.8, 4) is 0 Å². The maximum absolute atomic E-state index is 10.9. The number of hydrogen-bond acceptors (Lipinski definition) is 2. The molecule has 0 spiro atoms. The molecule has 0 aliphatic carbocycles. The molecule has 1 aliphatic heterocycles. The van der Waals surface area contributed by atoms with Gasteiger partial charge in [-0.2, -0.15) is 5.15 Å². The zero-order valence-electron chi connectivity index (χ0n) is 1.86. The molecule has 0 radical (unpaired) electrons. The smallest absolute Gasteiger partial charge is 0.299 e. The Kier molecular flexibility index (Phi) is 0.295. The largest absolute Gasteiger partial charge is 0.488 e. The fourth-order valence-electron chi connectivity index (χ4n) is 0.0257. The van der Waals surface area contributed by atoms with Crippen LogP contribution in [0, 0.1) is 0 Å². The molecule has 24 valence electrons. The van der Waals surface area contributed by atoms with Gasteiger partial charge >= 0.3 is 9.54 Å². The lowest BCUT2D eigenvalue weighted by molar-refractivity contribution is 0.450. The number of nitrogens with one attached hydrogen (secondary N) is 1. The molecule has 1 rings (SSSR count). The van der Waals surface area contributed by atoms with Crippen LogP contribution in [0.3, 0.4) is 0 Å². The molecule has 0 aromatic heterocycles. The van der Waals surface area contributed by atoms with Crippen molar-refractivity contribution in [2.45, 2.75) is 0 Å². The molecule has 1 heterocycles. The second-order valence-corrected chi connectivity index (χ2v) is 1.66. The lowest BCUT2D eigenvalue weighted by Gasteiger charge is -1.37. The summed E-state index contributed by atoms with van der Waals surface area (Å²) < 4.78 is 14.8. The van der Waals surface area contributed by atoms with E-state index in [0.29, 0.717) is 0 Å². The predicted octanol–water partition coefficient (Wildman–Crippen LogP) is -0.792. The molecule has 1 unspecified atom stereocenters. The van der Waals surface area contributed by atoms with E-state index in [4.69, 9.17) is 0 Å². The normalized spacial score (nSPS) is 39.8. The first-order valence-electron chi connectivity index (χ1n) is 0.947. The molecule has 4 heavy (non-hydrogen) atoms. The van der Waals surface area contributed by atoms with Gasteiger partial charge in [0.05, 0.1) is 0 Å². The highest BCUT2D eigenvalue weighted by Crippen LogP contribution is 1.90. The summed E-state index contributed by atoms with van der Waals surface area (Å²) in [4.78, 5) is 0. The van der Waals surface area contributed by atoms with Gasteiger partial charge in [0.2, 0.25) is 0 Å². The van der Waals surface area contributed by atoms with Crippen LogP contribution in [0.4, 0.5) is 4.11 Å². The van der Waals surface area contributed by atoms with Crippen LogP contribution in [-0.2, 0) is 4.53 Å². The van der Waals surface area contributed by atoms with Gasteiger partial charge in [0, 0.05) is 0 Å². The molecule has 0 amide bonds. The Morgan fingerprint density at radius 2 is 2.25 bits per heavy atom. The zero-order chi connectivity index (χ0) is 2.99. The molecule has 0 bridgehead atoms. The van der Waals surface area contributed by atoms with Crippen LogP contribution in [0.2, 0.25) is 0 Å². The quantitative estimate of drug-likeness (QED) is 0.234. The third-order valence-corrected chi connectivity index (χ3v) is 0.621. The van der Waals surface area contributed by atoms with Gasteiger partial charge in [-0.15, -0.1) is 0 Å². The Morgan fingerprint density at radius 3 is 2.25 bits per heavy atom. The van der Waals surface area contributed by atoms with Gasteiger partial charge < -0.3 is 0 Å². The van der Waals surface area contributed by atoms with Crippen molar-refractivity contribution in [3.05, 3.63) is 0 Å². The monoisotopic (exact) mass is 79.0 g/mol. The van der Waals surface area contributed by atoms with Crippen molar-refractivity contribution >= 4 is 9.54 Å². The van der Waals surface area contributed by atoms with E-state index in [1.54, 1.807) is 0 Å². The maximum atomic E-state index is 10.9. The highest BCUT2D eigenvalue weighted by Gasteiger charge is 2.24. The van der Waals surface area contributed by atoms with Gasteiger partial charge in [0.25, 0.3) is 0 Å². The van der Waals surface area contributed by atoms with Crippen molar-refractivity contribution in [1.82, 2.24) is 5.15 Å². The zero-order valence-corrected chi connectivity index (χ0v) is 3.02. The summed E-state index contributed by atoms with van der Waals surface area (Å²) in [7, 11) is -2.14. The Balaban J connectivity index is 2.17. The first-order chi connectivity index (χ1) is 1.89. The Bertz CT molecular complexity index is 27.2. The van der Waals surface area contributed by atoms with Crippen molar-refractivity contribution in [1.29, 1.82) is 0 Å². The summed E-state index contributed by atoms with van der Waals surface area (Å²) in [5.41, 5.74) is 0. The Labute approximate surface area is 24.5 Å². The van der Waals surface area contributed by atoms with Crippen molar-refractivity contribution in [2.75, 3.05) is 0 Å². The van der Waals surface area contributed by atoms with Crippen LogP contribution in [0.15, 0.2) is 0 Å². The average Bonchev–Trinajstić information content (AvgIpc) is 1.75. The van der Waals surface area contributed by atoms with Crippen LogP contribution in [0.5, 0.6) is 0 Å². The molecule has 4 heteroatoms. The minimum atomic E-state index is -2.14. The number of rotatable bonds is 0. The minimum Gasteiger partial charge on any atom is -0.299 e. The SMILES string of the molecule is F[SiH]1NO1. The standard InChI is InChI=1S/FH2NOSi/c1-4-2-3-4/h2,4H. The van der Waals surface area contributed by atoms with Crippen LogP contribution < -0.4 is 5.15 Å². The summed E-state index contributed by atoms with van der Waals surface area (Å²) in [6.45, 7) is 0. The molecule has 0 aromatic rings. The molecule has 1 aliphatic rings. The fourth-order valence-corrected chi connectivity index (χ4v) is 0.231. The number of halogens is 1. The van der Waals surface area contributed by atoms with Crippen molar-refractivity contribution < 1.29 is 8.63 Å². The molecular weight excluding hydrogens is 77.1 g/mol. The molecule has 0 aromatic carbocycles. The minimum absolute atomic E-state index is 2.07. The predicted molar refractivity (Wildman–Crippen MR) is 12.5 cm³/mol. The van der Waals surface area contributed by atoms with Gasteiger partial charge in [-0.3, -0.25) is 8.63 Å². The van der Waals surface area contributed by atoms with Gasteiger partial charge in [-0.05, 0) is 0 Å². The topological polar surface area (TPSA) is 34.5 Å². The first kappa shape index (κ1) is 2.31. The van der Waals surface area contributed by atoms with E-state index in [1.165, 1.54) is 0 Å². The Hall–Kier alpha value is 0.0669. The van der Waals surface area contributed by atoms with Crippen molar-refractivity contribution in [2.24, 2.45) is 0 Å². The van der Waals surface area contributed by atoms with Gasteiger partial charge in [0.1, 0.15) is 0 Å². The molecule has 1 atom stereocenters. The average molecular weight is 79.1 g/mol. The van der Waals surface area contributed by atoms with E-state index in [-0.39, 0.29) is 0 Å². The third-order valence-electron chi connectivity index (χ3n) is 0.207. The highest BCUT2D eigenvalue weighted by molar-refractivity contribution is 6.47. The molecule has 1 N–H and O–H groups in total. The fraction of sp³-hybridized carbons (Fsp3) is 0. The van der Waals surface area contributed by atoms with Crippen LogP contribution in [0.25, 0.3) is 0 Å². The van der Waals surface area contributed by atoms with E-state index < -0.39 is 9.54 Å². The highest BCUT2D eigenvalue weighted by atomic mass is 28.4.